The van der Waals surface area contributed by atoms with Gasteiger partial charge in [0.2, 0.25) is 0 Å². The second-order valence-corrected chi connectivity index (χ2v) is 4.70. The quantitative estimate of drug-likeness (QED) is 0.792. The number of aliphatic hydroxyl groups is 1. The van der Waals surface area contributed by atoms with Crippen LogP contribution in [0.25, 0.3) is 0 Å². The number of aromatic hydroxyl groups is 1. The van der Waals surface area contributed by atoms with E-state index in [9.17, 15) is 10.2 Å². The highest BCUT2D eigenvalue weighted by Gasteiger charge is 2.14. The van der Waals surface area contributed by atoms with E-state index >= 15 is 0 Å². The number of rotatable bonds is 5. The first-order valence-electron chi connectivity index (χ1n) is 6.14. The van der Waals surface area contributed by atoms with Gasteiger partial charge in [0.25, 0.3) is 0 Å². The molecule has 1 unspecified atom stereocenters. The lowest BCUT2D eigenvalue weighted by molar-refractivity contribution is 0.276. The normalized spacial score (nSPS) is 11.9. The molecule has 3 N–H and O–H groups in total. The second-order valence-electron chi connectivity index (χ2n) is 4.29. The van der Waals surface area contributed by atoms with E-state index in [1.54, 1.807) is 19.2 Å². The molecular formula is C15H16ClNO3. The lowest BCUT2D eigenvalue weighted by Gasteiger charge is -2.20. The third kappa shape index (κ3) is 3.15. The van der Waals surface area contributed by atoms with Gasteiger partial charge in [-0.05, 0) is 29.8 Å². The number of methoxy groups -OCH3 is 1. The van der Waals surface area contributed by atoms with Crippen molar-refractivity contribution in [2.45, 2.75) is 6.04 Å². The van der Waals surface area contributed by atoms with Gasteiger partial charge in [0.1, 0.15) is 11.5 Å². The van der Waals surface area contributed by atoms with Crippen LogP contribution in [-0.2, 0) is 0 Å². The van der Waals surface area contributed by atoms with Crippen LogP contribution in [0.2, 0.25) is 5.02 Å². The summed E-state index contributed by atoms with van der Waals surface area (Å²) >= 11 is 5.89. The predicted molar refractivity (Wildman–Crippen MR) is 79.6 cm³/mol. The summed E-state index contributed by atoms with van der Waals surface area (Å²) < 4.78 is 5.26. The first-order chi connectivity index (χ1) is 9.65. The highest BCUT2D eigenvalue weighted by Crippen LogP contribution is 2.31. The van der Waals surface area contributed by atoms with Crippen molar-refractivity contribution < 1.29 is 14.9 Å². The average molecular weight is 294 g/mol. The molecule has 0 aliphatic carbocycles. The van der Waals surface area contributed by atoms with E-state index in [1.807, 2.05) is 24.3 Å². The Morgan fingerprint density at radius 1 is 1.25 bits per heavy atom. The Kier molecular flexibility index (Phi) is 4.71. The SMILES string of the molecule is COc1ccccc1NC(CO)c1ccc(O)c(Cl)c1. The Morgan fingerprint density at radius 2 is 2.00 bits per heavy atom. The van der Waals surface area contributed by atoms with E-state index in [1.165, 1.54) is 6.07 Å². The Morgan fingerprint density at radius 3 is 2.65 bits per heavy atom. The maximum absolute atomic E-state index is 9.56. The third-order valence-electron chi connectivity index (χ3n) is 2.99. The van der Waals surface area contributed by atoms with Crippen LogP contribution in [0.15, 0.2) is 42.5 Å². The molecule has 0 aromatic heterocycles. The van der Waals surface area contributed by atoms with Crippen molar-refractivity contribution in [2.24, 2.45) is 0 Å². The third-order valence-corrected chi connectivity index (χ3v) is 3.30. The molecule has 106 valence electrons. The fourth-order valence-electron chi connectivity index (χ4n) is 1.93. The maximum atomic E-state index is 9.56. The van der Waals surface area contributed by atoms with Gasteiger partial charge in [-0.2, -0.15) is 0 Å². The van der Waals surface area contributed by atoms with Crippen LogP contribution in [0, 0.1) is 0 Å². The van der Waals surface area contributed by atoms with Gasteiger partial charge < -0.3 is 20.3 Å². The van der Waals surface area contributed by atoms with Gasteiger partial charge in [-0.1, -0.05) is 29.8 Å². The summed E-state index contributed by atoms with van der Waals surface area (Å²) in [4.78, 5) is 0. The Balaban J connectivity index is 2.26. The van der Waals surface area contributed by atoms with Crippen molar-refractivity contribution in [3.05, 3.63) is 53.1 Å². The fraction of sp³-hybridized carbons (Fsp3) is 0.200. The minimum absolute atomic E-state index is 0.0180. The van der Waals surface area contributed by atoms with E-state index in [0.29, 0.717) is 5.75 Å². The van der Waals surface area contributed by atoms with Crippen LogP contribution < -0.4 is 10.1 Å². The van der Waals surface area contributed by atoms with E-state index in [-0.39, 0.29) is 23.4 Å². The van der Waals surface area contributed by atoms with Crippen molar-refractivity contribution in [1.29, 1.82) is 0 Å². The van der Waals surface area contributed by atoms with E-state index in [0.717, 1.165) is 11.3 Å². The lowest BCUT2D eigenvalue weighted by atomic mass is 10.1. The number of benzene rings is 2. The molecule has 0 spiro atoms. The number of phenolic OH excluding ortho intramolecular Hbond substituents is 1. The van der Waals surface area contributed by atoms with Crippen LogP contribution in [0.3, 0.4) is 0 Å². The van der Waals surface area contributed by atoms with Crippen LogP contribution >= 0.6 is 11.6 Å². The lowest BCUT2D eigenvalue weighted by Crippen LogP contribution is -2.15. The van der Waals surface area contributed by atoms with Gasteiger partial charge in [0.15, 0.2) is 0 Å². The summed E-state index contributed by atoms with van der Waals surface area (Å²) in [5, 5.41) is 22.4. The van der Waals surface area contributed by atoms with Gasteiger partial charge in [0.05, 0.1) is 30.5 Å². The zero-order valence-corrected chi connectivity index (χ0v) is 11.8. The maximum Gasteiger partial charge on any atom is 0.141 e. The van der Waals surface area contributed by atoms with E-state index < -0.39 is 0 Å². The highest BCUT2D eigenvalue weighted by molar-refractivity contribution is 6.32. The van der Waals surface area contributed by atoms with Crippen LogP contribution in [0.1, 0.15) is 11.6 Å². The summed E-state index contributed by atoms with van der Waals surface area (Å²) in [6, 6.07) is 11.9. The zero-order chi connectivity index (χ0) is 14.5. The largest absolute Gasteiger partial charge is 0.506 e. The molecule has 0 aliphatic rings. The van der Waals surface area contributed by atoms with Crippen LogP contribution in [0.5, 0.6) is 11.5 Å². The van der Waals surface area contributed by atoms with Crippen molar-refractivity contribution in [2.75, 3.05) is 19.0 Å². The molecule has 0 radical (unpaired) electrons. The average Bonchev–Trinajstić information content (AvgIpc) is 2.48. The number of halogens is 1. The number of anilines is 1. The monoisotopic (exact) mass is 293 g/mol. The molecule has 20 heavy (non-hydrogen) atoms. The molecule has 5 heteroatoms. The number of hydrogen-bond donors (Lipinski definition) is 3. The number of phenols is 1. The molecule has 0 aliphatic heterocycles. The van der Waals surface area contributed by atoms with E-state index in [2.05, 4.69) is 5.32 Å². The molecule has 0 fully saturated rings. The molecule has 0 heterocycles. The Bertz CT molecular complexity index is 589. The van der Waals surface area contributed by atoms with Crippen molar-refractivity contribution in [1.82, 2.24) is 0 Å². The van der Waals surface area contributed by atoms with Crippen molar-refractivity contribution in [3.63, 3.8) is 0 Å². The first kappa shape index (κ1) is 14.5. The number of ether oxygens (including phenoxy) is 1. The molecule has 0 saturated heterocycles. The molecule has 4 nitrogen and oxygen atoms in total. The van der Waals surface area contributed by atoms with Crippen LogP contribution in [0.4, 0.5) is 5.69 Å². The highest BCUT2D eigenvalue weighted by atomic mass is 35.5. The smallest absolute Gasteiger partial charge is 0.141 e. The molecule has 0 bridgehead atoms. The van der Waals surface area contributed by atoms with Gasteiger partial charge in [0, 0.05) is 0 Å². The number of hydrogen-bond acceptors (Lipinski definition) is 4. The summed E-state index contributed by atoms with van der Waals surface area (Å²) in [7, 11) is 1.59. The van der Waals surface area contributed by atoms with Gasteiger partial charge in [-0.15, -0.1) is 0 Å². The number of para-hydroxylation sites is 2. The van der Waals surface area contributed by atoms with Gasteiger partial charge >= 0.3 is 0 Å². The summed E-state index contributed by atoms with van der Waals surface area (Å²) in [5.74, 6) is 0.709. The Labute approximate surface area is 122 Å². The molecule has 2 aromatic rings. The zero-order valence-electron chi connectivity index (χ0n) is 11.0. The number of nitrogens with one attached hydrogen (secondary N) is 1. The first-order valence-corrected chi connectivity index (χ1v) is 6.52. The number of aliphatic hydroxyl groups excluding tert-OH is 1. The predicted octanol–water partition coefficient (Wildman–Crippen LogP) is 3.20. The molecule has 0 saturated carbocycles. The van der Waals surface area contributed by atoms with Gasteiger partial charge in [-0.25, -0.2) is 0 Å². The second kappa shape index (κ2) is 6.50. The molecule has 1 atom stereocenters. The van der Waals surface area contributed by atoms with Crippen molar-refractivity contribution in [3.8, 4) is 11.5 Å². The summed E-state index contributed by atoms with van der Waals surface area (Å²) in [6.07, 6.45) is 0. The molecule has 2 aromatic carbocycles. The Hall–Kier alpha value is -1.91. The summed E-state index contributed by atoms with van der Waals surface area (Å²) in [5.41, 5.74) is 1.56. The minimum atomic E-state index is -0.343. The molecule has 0 amide bonds. The van der Waals surface area contributed by atoms with Crippen molar-refractivity contribution >= 4 is 17.3 Å². The molecular weight excluding hydrogens is 278 g/mol. The van der Waals surface area contributed by atoms with Crippen LogP contribution in [-0.4, -0.2) is 23.9 Å². The topological polar surface area (TPSA) is 61.7 Å². The molecule has 2 rings (SSSR count). The summed E-state index contributed by atoms with van der Waals surface area (Å²) in [6.45, 7) is -0.112. The van der Waals surface area contributed by atoms with Gasteiger partial charge in [-0.3, -0.25) is 0 Å². The standard InChI is InChI=1S/C15H16ClNO3/c1-20-15-5-3-2-4-12(15)17-13(9-18)10-6-7-14(19)11(16)8-10/h2-8,13,17-19H,9H2,1H3. The minimum Gasteiger partial charge on any atom is -0.506 e. The van der Waals surface area contributed by atoms with E-state index in [4.69, 9.17) is 16.3 Å². The fourth-order valence-corrected chi connectivity index (χ4v) is 2.11.